The summed E-state index contributed by atoms with van der Waals surface area (Å²) >= 11 is 10.4. The van der Waals surface area contributed by atoms with Crippen LogP contribution in [0, 0.1) is 5.82 Å². The molecule has 0 aliphatic carbocycles. The molecule has 0 saturated heterocycles. The minimum Gasteiger partial charge on any atom is -0.293 e. The van der Waals surface area contributed by atoms with Crippen LogP contribution in [-0.4, -0.2) is 11.7 Å². The molecule has 0 aliphatic rings. The summed E-state index contributed by atoms with van der Waals surface area (Å²) < 4.78 is 50.7. The van der Waals surface area contributed by atoms with E-state index in [2.05, 4.69) is 0 Å². The zero-order valence-electron chi connectivity index (χ0n) is 7.54. The van der Waals surface area contributed by atoms with Crippen molar-refractivity contribution in [2.45, 2.75) is 6.18 Å². The van der Waals surface area contributed by atoms with Gasteiger partial charge in [0.1, 0.15) is 5.82 Å². The van der Waals surface area contributed by atoms with Gasteiger partial charge in [-0.25, -0.2) is 4.39 Å². The molecule has 7 heteroatoms. The van der Waals surface area contributed by atoms with Crippen LogP contribution in [-0.2, 0) is 6.18 Å². The van der Waals surface area contributed by atoms with Gasteiger partial charge in [0.05, 0.1) is 17.0 Å². The number of hydrogen-bond acceptors (Lipinski definition) is 1. The van der Waals surface area contributed by atoms with Gasteiger partial charge in [0.15, 0.2) is 5.78 Å². The quantitative estimate of drug-likeness (QED) is 0.454. The van der Waals surface area contributed by atoms with Crippen molar-refractivity contribution in [2.24, 2.45) is 0 Å². The minimum atomic E-state index is -4.86. The third-order valence-electron chi connectivity index (χ3n) is 1.76. The molecule has 0 N–H and O–H groups in total. The summed E-state index contributed by atoms with van der Waals surface area (Å²) in [6.07, 6.45) is -4.86. The van der Waals surface area contributed by atoms with Gasteiger partial charge in [0.2, 0.25) is 0 Å². The molecular weight excluding hydrogens is 271 g/mol. The van der Waals surface area contributed by atoms with Crippen LogP contribution in [0.3, 0.4) is 0 Å². The predicted molar refractivity (Wildman–Crippen MR) is 51.5 cm³/mol. The van der Waals surface area contributed by atoms with E-state index >= 15 is 0 Å². The van der Waals surface area contributed by atoms with Gasteiger partial charge < -0.3 is 0 Å². The highest BCUT2D eigenvalue weighted by molar-refractivity contribution is 6.32. The van der Waals surface area contributed by atoms with Crippen molar-refractivity contribution in [2.75, 3.05) is 5.88 Å². The Kier molecular flexibility index (Phi) is 3.80. The maximum atomic E-state index is 13.2. The zero-order valence-corrected chi connectivity index (χ0v) is 9.05. The molecule has 0 saturated carbocycles. The molecule has 1 nitrogen and oxygen atoms in total. The first-order valence-corrected chi connectivity index (χ1v) is 4.84. The lowest BCUT2D eigenvalue weighted by molar-refractivity contribution is -0.138. The van der Waals surface area contributed by atoms with Crippen molar-refractivity contribution < 1.29 is 22.4 Å². The Bertz CT molecular complexity index is 428. The fraction of sp³-hybridized carbons (Fsp3) is 0.222. The first-order valence-electron chi connectivity index (χ1n) is 3.92. The van der Waals surface area contributed by atoms with E-state index in [0.717, 1.165) is 0 Å². The Hall–Kier alpha value is -0.810. The molecule has 1 aromatic rings. The van der Waals surface area contributed by atoms with E-state index < -0.39 is 39.8 Å². The fourth-order valence-corrected chi connectivity index (χ4v) is 1.49. The smallest absolute Gasteiger partial charge is 0.293 e. The molecule has 0 unspecified atom stereocenters. The highest BCUT2D eigenvalue weighted by atomic mass is 35.5. The topological polar surface area (TPSA) is 17.1 Å². The third-order valence-corrected chi connectivity index (χ3v) is 2.22. The minimum absolute atomic E-state index is 0.434. The van der Waals surface area contributed by atoms with Crippen LogP contribution < -0.4 is 0 Å². The van der Waals surface area contributed by atoms with Crippen molar-refractivity contribution in [3.8, 4) is 0 Å². The molecule has 0 heterocycles. The van der Waals surface area contributed by atoms with Crippen molar-refractivity contribution >= 4 is 29.0 Å². The van der Waals surface area contributed by atoms with Crippen molar-refractivity contribution in [1.82, 2.24) is 0 Å². The third kappa shape index (κ3) is 2.65. The predicted octanol–water partition coefficient (Wildman–Crippen LogP) is 3.92. The number of carbonyl (C=O) groups excluding carboxylic acids is 1. The summed E-state index contributed by atoms with van der Waals surface area (Å²) in [6.45, 7) is 0. The van der Waals surface area contributed by atoms with Crippen molar-refractivity contribution in [1.29, 1.82) is 0 Å². The van der Waals surface area contributed by atoms with Gasteiger partial charge in [0.25, 0.3) is 0 Å². The monoisotopic (exact) mass is 274 g/mol. The molecular formula is C9H4Cl2F4O. The second-order valence-corrected chi connectivity index (χ2v) is 3.57. The Morgan fingerprint density at radius 2 is 1.88 bits per heavy atom. The lowest BCUT2D eigenvalue weighted by Gasteiger charge is -2.12. The van der Waals surface area contributed by atoms with Crippen molar-refractivity contribution in [3.05, 3.63) is 34.1 Å². The van der Waals surface area contributed by atoms with Crippen LogP contribution in [0.5, 0.6) is 0 Å². The number of carbonyl (C=O) groups is 1. The summed E-state index contributed by atoms with van der Waals surface area (Å²) in [5.74, 6) is -3.20. The van der Waals surface area contributed by atoms with Gasteiger partial charge in [-0.3, -0.25) is 4.79 Å². The largest absolute Gasteiger partial charge is 0.417 e. The van der Waals surface area contributed by atoms with Crippen LogP contribution >= 0.6 is 23.2 Å². The molecule has 1 rings (SSSR count). The van der Waals surface area contributed by atoms with E-state index in [0.29, 0.717) is 12.1 Å². The first kappa shape index (κ1) is 13.3. The van der Waals surface area contributed by atoms with Gasteiger partial charge in [-0.05, 0) is 12.1 Å². The van der Waals surface area contributed by atoms with E-state index in [9.17, 15) is 22.4 Å². The molecule has 0 aromatic heterocycles. The molecule has 0 fully saturated rings. The Balaban J connectivity index is 3.51. The summed E-state index contributed by atoms with van der Waals surface area (Å²) in [4.78, 5) is 11.1. The zero-order chi connectivity index (χ0) is 12.5. The molecule has 1 aromatic carbocycles. The van der Waals surface area contributed by atoms with Crippen LogP contribution in [0.1, 0.15) is 15.9 Å². The van der Waals surface area contributed by atoms with Gasteiger partial charge >= 0.3 is 6.18 Å². The summed E-state index contributed by atoms with van der Waals surface area (Å²) in [7, 11) is 0. The summed E-state index contributed by atoms with van der Waals surface area (Å²) in [5, 5.41) is -0.434. The standard InChI is InChI=1S/C9H4Cl2F4O/c10-3-7(16)8-5(9(13,14)15)1-4(11)2-6(8)12/h1-2H,3H2. The van der Waals surface area contributed by atoms with Gasteiger partial charge in [-0.15, -0.1) is 11.6 Å². The lowest BCUT2D eigenvalue weighted by atomic mass is 10.0. The average Bonchev–Trinajstić information content (AvgIpc) is 2.14. The highest BCUT2D eigenvalue weighted by Crippen LogP contribution is 2.35. The highest BCUT2D eigenvalue weighted by Gasteiger charge is 2.37. The van der Waals surface area contributed by atoms with Crippen LogP contribution in [0.15, 0.2) is 12.1 Å². The lowest BCUT2D eigenvalue weighted by Crippen LogP contribution is -2.16. The number of benzene rings is 1. The number of hydrogen-bond donors (Lipinski definition) is 0. The first-order chi connectivity index (χ1) is 7.27. The molecule has 0 aliphatic heterocycles. The Morgan fingerprint density at radius 3 is 2.31 bits per heavy atom. The van der Waals surface area contributed by atoms with Crippen LogP contribution in [0.25, 0.3) is 0 Å². The van der Waals surface area contributed by atoms with Crippen LogP contribution in [0.2, 0.25) is 5.02 Å². The summed E-state index contributed by atoms with van der Waals surface area (Å²) in [6, 6.07) is 1.13. The Labute approximate surface area is 98.0 Å². The summed E-state index contributed by atoms with van der Waals surface area (Å²) in [5.41, 5.74) is -2.49. The van der Waals surface area contributed by atoms with E-state index in [1.54, 1.807) is 0 Å². The van der Waals surface area contributed by atoms with Gasteiger partial charge in [-0.1, -0.05) is 11.6 Å². The molecule has 0 radical (unpaired) electrons. The van der Waals surface area contributed by atoms with E-state index in [1.807, 2.05) is 0 Å². The second kappa shape index (κ2) is 4.59. The molecule has 16 heavy (non-hydrogen) atoms. The normalized spacial score (nSPS) is 11.6. The van der Waals surface area contributed by atoms with E-state index in [-0.39, 0.29) is 0 Å². The maximum absolute atomic E-state index is 13.2. The fourth-order valence-electron chi connectivity index (χ4n) is 1.15. The molecule has 0 spiro atoms. The number of rotatable bonds is 2. The number of halogens is 6. The second-order valence-electron chi connectivity index (χ2n) is 2.86. The van der Waals surface area contributed by atoms with E-state index in [4.69, 9.17) is 23.2 Å². The number of alkyl halides is 4. The number of Topliss-reactive ketones (excluding diaryl/α,β-unsaturated/α-hetero) is 1. The van der Waals surface area contributed by atoms with Crippen molar-refractivity contribution in [3.63, 3.8) is 0 Å². The SMILES string of the molecule is O=C(CCl)c1c(F)cc(Cl)cc1C(F)(F)F. The molecule has 0 amide bonds. The van der Waals surface area contributed by atoms with E-state index in [1.165, 1.54) is 0 Å². The van der Waals surface area contributed by atoms with Gasteiger partial charge in [-0.2, -0.15) is 13.2 Å². The van der Waals surface area contributed by atoms with Crippen LogP contribution in [0.4, 0.5) is 17.6 Å². The Morgan fingerprint density at radius 1 is 1.31 bits per heavy atom. The molecule has 88 valence electrons. The average molecular weight is 275 g/mol. The number of ketones is 1. The van der Waals surface area contributed by atoms with Gasteiger partial charge in [0, 0.05) is 5.02 Å². The maximum Gasteiger partial charge on any atom is 0.417 e. The molecule has 0 atom stereocenters. The molecule has 0 bridgehead atoms.